The molecule has 2 heteroatoms. The average molecular weight is 316 g/mol. The van der Waals surface area contributed by atoms with Gasteiger partial charge in [0.1, 0.15) is 0 Å². The van der Waals surface area contributed by atoms with Gasteiger partial charge >= 0.3 is 0 Å². The fourth-order valence-corrected chi connectivity index (χ4v) is 6.21. The lowest BCUT2D eigenvalue weighted by Crippen LogP contribution is -2.45. The molecule has 0 spiro atoms. The molecule has 0 bridgehead atoms. The molecule has 0 amide bonds. The average Bonchev–Trinajstić information content (AvgIpc) is 2.88. The third-order valence-electron chi connectivity index (χ3n) is 7.50. The number of hydrogen-bond acceptors (Lipinski definition) is 2. The first kappa shape index (κ1) is 15.7. The van der Waals surface area contributed by atoms with Gasteiger partial charge in [-0.15, -0.1) is 0 Å². The Morgan fingerprint density at radius 3 is 2.96 bits per heavy atom. The van der Waals surface area contributed by atoms with Crippen LogP contribution in [0.3, 0.4) is 0 Å². The van der Waals surface area contributed by atoms with E-state index in [0.717, 1.165) is 50.0 Å². The maximum atomic E-state index is 10.5. The minimum Gasteiger partial charge on any atom is -0.498 e. The lowest BCUT2D eigenvalue weighted by molar-refractivity contribution is -0.0312. The summed E-state index contributed by atoms with van der Waals surface area (Å²) < 4.78 is 5.91. The smallest absolute Gasteiger partial charge is 0.0963 e. The molecule has 0 radical (unpaired) electrons. The Morgan fingerprint density at radius 2 is 2.13 bits per heavy atom. The third-order valence-corrected chi connectivity index (χ3v) is 7.50. The normalized spacial score (nSPS) is 42.7. The van der Waals surface area contributed by atoms with E-state index in [4.69, 9.17) is 4.74 Å². The van der Waals surface area contributed by atoms with Gasteiger partial charge in [-0.3, -0.25) is 0 Å². The summed E-state index contributed by atoms with van der Waals surface area (Å²) in [6, 6.07) is 0. The number of rotatable bonds is 3. The zero-order valence-corrected chi connectivity index (χ0v) is 14.8. The van der Waals surface area contributed by atoms with Crippen LogP contribution < -0.4 is 0 Å². The van der Waals surface area contributed by atoms with E-state index in [1.54, 1.807) is 11.1 Å². The predicted octanol–water partition coefficient (Wildman–Crippen LogP) is 4.98. The Morgan fingerprint density at radius 1 is 1.26 bits per heavy atom. The molecule has 0 aromatic heterocycles. The zero-order valence-electron chi connectivity index (χ0n) is 14.8. The monoisotopic (exact) mass is 316 g/mol. The maximum absolute atomic E-state index is 10.5. The lowest BCUT2D eigenvalue weighted by Gasteiger charge is -2.51. The van der Waals surface area contributed by atoms with E-state index in [1.165, 1.54) is 37.9 Å². The van der Waals surface area contributed by atoms with Gasteiger partial charge in [-0.25, -0.2) is 0 Å². The summed E-state index contributed by atoms with van der Waals surface area (Å²) in [5.41, 5.74) is 3.66. The van der Waals surface area contributed by atoms with Crippen LogP contribution in [0, 0.1) is 23.2 Å². The minimum atomic E-state index is -0.0517. The number of hydrogen-bond donors (Lipinski definition) is 1. The van der Waals surface area contributed by atoms with Gasteiger partial charge in [0.15, 0.2) is 0 Å². The Balaban J connectivity index is 1.52. The van der Waals surface area contributed by atoms with Gasteiger partial charge in [0.25, 0.3) is 0 Å². The van der Waals surface area contributed by atoms with Crippen molar-refractivity contribution >= 4 is 0 Å². The predicted molar refractivity (Wildman–Crippen MR) is 92.9 cm³/mol. The fraction of sp³-hybridized carbons (Fsp3) is 0.810. The Kier molecular flexibility index (Phi) is 4.07. The van der Waals surface area contributed by atoms with Gasteiger partial charge in [-0.2, -0.15) is 0 Å². The molecule has 2 fully saturated rings. The molecule has 0 saturated heterocycles. The first-order valence-corrected chi connectivity index (χ1v) is 9.84. The first-order chi connectivity index (χ1) is 11.1. The van der Waals surface area contributed by atoms with Crippen molar-refractivity contribution in [3.8, 4) is 0 Å². The summed E-state index contributed by atoms with van der Waals surface area (Å²) >= 11 is 0. The summed E-state index contributed by atoms with van der Waals surface area (Å²) in [5, 5.41) is 10.5. The molecular formula is C21H32O2. The molecule has 4 rings (SSSR count). The molecule has 0 unspecified atom stereocenters. The quantitative estimate of drug-likeness (QED) is 0.744. The fourth-order valence-electron chi connectivity index (χ4n) is 6.21. The van der Waals surface area contributed by atoms with E-state index < -0.39 is 0 Å². The van der Waals surface area contributed by atoms with Crippen molar-refractivity contribution in [2.45, 2.75) is 77.7 Å². The van der Waals surface area contributed by atoms with E-state index in [-0.39, 0.29) is 11.5 Å². The van der Waals surface area contributed by atoms with Crippen LogP contribution in [0.5, 0.6) is 0 Å². The molecule has 5 atom stereocenters. The summed E-state index contributed by atoms with van der Waals surface area (Å²) in [4.78, 5) is 0. The Labute approximate surface area is 141 Å². The van der Waals surface area contributed by atoms with E-state index >= 15 is 0 Å². The summed E-state index contributed by atoms with van der Waals surface area (Å²) in [5.74, 6) is 3.61. The molecule has 4 aliphatic carbocycles. The van der Waals surface area contributed by atoms with Crippen LogP contribution in [0.15, 0.2) is 23.0 Å². The van der Waals surface area contributed by atoms with Crippen LogP contribution in [0.2, 0.25) is 0 Å². The third kappa shape index (κ3) is 2.49. The van der Waals surface area contributed by atoms with Crippen molar-refractivity contribution < 1.29 is 9.84 Å². The van der Waals surface area contributed by atoms with Gasteiger partial charge in [0, 0.05) is 6.42 Å². The van der Waals surface area contributed by atoms with Crippen LogP contribution in [-0.4, -0.2) is 17.8 Å². The highest BCUT2D eigenvalue weighted by atomic mass is 16.5. The zero-order chi connectivity index (χ0) is 16.0. The molecule has 0 aliphatic heterocycles. The second-order valence-corrected chi connectivity index (χ2v) is 8.58. The highest BCUT2D eigenvalue weighted by Crippen LogP contribution is 2.61. The van der Waals surface area contributed by atoms with Gasteiger partial charge in [-0.1, -0.05) is 25.0 Å². The molecule has 0 heterocycles. The Hall–Kier alpha value is -0.760. The number of ether oxygens (including phenoxy) is 1. The number of allylic oxidation sites excluding steroid dienone is 3. The molecule has 2 saturated carbocycles. The van der Waals surface area contributed by atoms with Crippen LogP contribution >= 0.6 is 0 Å². The SMILES string of the molecule is CCCOC1=CCC2=C(CC[C@@H]3[C@@H]2CC[C@]2(C)[C@@H](O)CC[C@@H]32)C1. The molecule has 1 N–H and O–H groups in total. The number of fused-ring (bicyclic) bond motifs is 4. The minimum absolute atomic E-state index is 0.0517. The molecule has 4 aliphatic rings. The van der Waals surface area contributed by atoms with Crippen LogP contribution in [0.4, 0.5) is 0 Å². The largest absolute Gasteiger partial charge is 0.498 e. The van der Waals surface area contributed by atoms with Crippen molar-refractivity contribution in [2.75, 3.05) is 6.61 Å². The second-order valence-electron chi connectivity index (χ2n) is 8.58. The number of aliphatic hydroxyl groups is 1. The van der Waals surface area contributed by atoms with E-state index in [0.29, 0.717) is 0 Å². The van der Waals surface area contributed by atoms with Gasteiger partial charge in [-0.05, 0) is 80.6 Å². The van der Waals surface area contributed by atoms with Crippen molar-refractivity contribution in [3.63, 3.8) is 0 Å². The van der Waals surface area contributed by atoms with Gasteiger partial charge in [0.2, 0.25) is 0 Å². The topological polar surface area (TPSA) is 29.5 Å². The molecule has 128 valence electrons. The molecule has 0 aromatic carbocycles. The van der Waals surface area contributed by atoms with Crippen LogP contribution in [0.1, 0.15) is 71.6 Å². The van der Waals surface area contributed by atoms with Gasteiger partial charge < -0.3 is 9.84 Å². The summed E-state index contributed by atoms with van der Waals surface area (Å²) in [6.07, 6.45) is 13.0. The van der Waals surface area contributed by atoms with Gasteiger partial charge in [0.05, 0.1) is 18.5 Å². The van der Waals surface area contributed by atoms with E-state index in [9.17, 15) is 5.11 Å². The van der Waals surface area contributed by atoms with Crippen molar-refractivity contribution in [1.29, 1.82) is 0 Å². The van der Waals surface area contributed by atoms with Crippen molar-refractivity contribution in [2.24, 2.45) is 23.2 Å². The molecule has 23 heavy (non-hydrogen) atoms. The van der Waals surface area contributed by atoms with Crippen molar-refractivity contribution in [1.82, 2.24) is 0 Å². The van der Waals surface area contributed by atoms with Crippen LogP contribution in [0.25, 0.3) is 0 Å². The highest BCUT2D eigenvalue weighted by molar-refractivity contribution is 5.32. The Bertz CT molecular complexity index is 532. The summed E-state index contributed by atoms with van der Waals surface area (Å²) in [6.45, 7) is 5.40. The lowest BCUT2D eigenvalue weighted by atomic mass is 9.54. The van der Waals surface area contributed by atoms with Crippen molar-refractivity contribution in [3.05, 3.63) is 23.0 Å². The number of aliphatic hydroxyl groups excluding tert-OH is 1. The first-order valence-electron chi connectivity index (χ1n) is 9.84. The molecule has 2 nitrogen and oxygen atoms in total. The maximum Gasteiger partial charge on any atom is 0.0963 e. The standard InChI is InChI=1S/C21H32O2/c1-3-12-23-15-5-7-16-14(13-15)4-6-18-17(16)10-11-21(2)19(18)8-9-20(21)22/h5,17-20,22H,3-4,6-13H2,1-2H3/t17-,18-,19+,20+,21+/m1/s1. The molecular weight excluding hydrogens is 284 g/mol. The summed E-state index contributed by atoms with van der Waals surface area (Å²) in [7, 11) is 0. The van der Waals surface area contributed by atoms with E-state index in [2.05, 4.69) is 19.9 Å². The second kappa shape index (κ2) is 5.95. The molecule has 0 aromatic rings. The van der Waals surface area contributed by atoms with Crippen LogP contribution in [-0.2, 0) is 4.74 Å². The highest BCUT2D eigenvalue weighted by Gasteiger charge is 2.54. The van der Waals surface area contributed by atoms with E-state index in [1.807, 2.05) is 0 Å².